The molecule has 0 bridgehead atoms. The monoisotopic (exact) mass is 317 g/mol. The first-order valence-corrected chi connectivity index (χ1v) is 8.10. The van der Waals surface area contributed by atoms with E-state index in [4.69, 9.17) is 4.74 Å². The fourth-order valence-corrected chi connectivity index (χ4v) is 2.71. The minimum Gasteiger partial charge on any atom is -0.456 e. The van der Waals surface area contributed by atoms with Crippen molar-refractivity contribution in [1.82, 2.24) is 5.32 Å². The number of hydrogen-bond donors (Lipinski definition) is 1. The minimum absolute atomic E-state index is 0.113. The van der Waals surface area contributed by atoms with Gasteiger partial charge in [0.2, 0.25) is 0 Å². The summed E-state index contributed by atoms with van der Waals surface area (Å²) in [5.41, 5.74) is 2.13. The van der Waals surface area contributed by atoms with Crippen molar-refractivity contribution in [1.29, 1.82) is 0 Å². The Morgan fingerprint density at radius 1 is 1.23 bits per heavy atom. The van der Waals surface area contributed by atoms with Crippen molar-refractivity contribution in [2.75, 3.05) is 6.61 Å². The lowest BCUT2D eigenvalue weighted by atomic mass is 10.1. The Hall–Kier alpha value is -2.14. The average molecular weight is 317 g/mol. The summed E-state index contributed by atoms with van der Waals surface area (Å²) in [4.78, 5) is 23.4. The molecule has 0 aliphatic rings. The first kappa shape index (κ1) is 16.2. The zero-order valence-corrected chi connectivity index (χ0v) is 13.3. The number of thiophene rings is 1. The molecule has 1 aromatic carbocycles. The highest BCUT2D eigenvalue weighted by Gasteiger charge is 2.11. The van der Waals surface area contributed by atoms with Crippen LogP contribution in [0.3, 0.4) is 0 Å². The van der Waals surface area contributed by atoms with Gasteiger partial charge in [0.1, 0.15) is 0 Å². The van der Waals surface area contributed by atoms with Crippen LogP contribution in [0, 0.1) is 0 Å². The molecular formula is C17H19NO3S. The molecule has 0 radical (unpaired) electrons. The number of carbonyl (C=O) groups excluding carboxylic acids is 2. The van der Waals surface area contributed by atoms with Gasteiger partial charge in [-0.2, -0.15) is 11.3 Å². The first-order chi connectivity index (χ1) is 10.6. The van der Waals surface area contributed by atoms with Gasteiger partial charge in [-0.1, -0.05) is 30.3 Å². The SMILES string of the molecule is C[C@@H](NC(=O)COC(=O)CCc1ccsc1)c1ccccc1. The molecule has 2 aromatic rings. The Kier molecular flexibility index (Phi) is 6.15. The van der Waals surface area contributed by atoms with E-state index in [0.717, 1.165) is 11.1 Å². The van der Waals surface area contributed by atoms with Gasteiger partial charge in [0.15, 0.2) is 6.61 Å². The van der Waals surface area contributed by atoms with Crippen LogP contribution in [-0.2, 0) is 20.7 Å². The molecule has 1 aromatic heterocycles. The van der Waals surface area contributed by atoms with Crippen LogP contribution < -0.4 is 5.32 Å². The molecule has 5 heteroatoms. The van der Waals surface area contributed by atoms with Crippen LogP contribution in [0.25, 0.3) is 0 Å². The van der Waals surface area contributed by atoms with E-state index in [2.05, 4.69) is 5.32 Å². The van der Waals surface area contributed by atoms with Crippen molar-refractivity contribution in [3.8, 4) is 0 Å². The number of ether oxygens (including phenoxy) is 1. The second-order valence-electron chi connectivity index (χ2n) is 4.99. The topological polar surface area (TPSA) is 55.4 Å². The highest BCUT2D eigenvalue weighted by Crippen LogP contribution is 2.11. The Morgan fingerprint density at radius 2 is 2.00 bits per heavy atom. The maximum absolute atomic E-state index is 11.8. The molecule has 0 aliphatic heterocycles. The van der Waals surface area contributed by atoms with Gasteiger partial charge < -0.3 is 10.1 Å². The van der Waals surface area contributed by atoms with Crippen molar-refractivity contribution in [2.45, 2.75) is 25.8 Å². The van der Waals surface area contributed by atoms with Crippen LogP contribution in [0.4, 0.5) is 0 Å². The number of hydrogen-bond acceptors (Lipinski definition) is 4. The van der Waals surface area contributed by atoms with E-state index >= 15 is 0 Å². The molecular weight excluding hydrogens is 298 g/mol. The van der Waals surface area contributed by atoms with E-state index < -0.39 is 0 Å². The van der Waals surface area contributed by atoms with E-state index in [1.54, 1.807) is 11.3 Å². The zero-order valence-electron chi connectivity index (χ0n) is 12.5. The molecule has 1 amide bonds. The third-order valence-electron chi connectivity index (χ3n) is 3.24. The predicted octanol–water partition coefficient (Wildman–Crippen LogP) is 3.10. The number of nitrogens with one attached hydrogen (secondary N) is 1. The van der Waals surface area contributed by atoms with Gasteiger partial charge >= 0.3 is 5.97 Å². The fraction of sp³-hybridized carbons (Fsp3) is 0.294. The first-order valence-electron chi connectivity index (χ1n) is 7.16. The number of benzene rings is 1. The summed E-state index contributed by atoms with van der Waals surface area (Å²) < 4.78 is 4.99. The van der Waals surface area contributed by atoms with Crippen LogP contribution in [0.2, 0.25) is 0 Å². The number of esters is 1. The molecule has 1 atom stereocenters. The van der Waals surface area contributed by atoms with Gasteiger partial charge in [0, 0.05) is 6.42 Å². The van der Waals surface area contributed by atoms with Crippen molar-refractivity contribution >= 4 is 23.2 Å². The number of carbonyl (C=O) groups is 2. The summed E-state index contributed by atoms with van der Waals surface area (Å²) in [5.74, 6) is -0.644. The standard InChI is InChI=1S/C17H19NO3S/c1-13(15-5-3-2-4-6-15)18-16(19)11-21-17(20)8-7-14-9-10-22-12-14/h2-6,9-10,12-13H,7-8,11H2,1H3,(H,18,19)/t13-/m1/s1. The Bertz CT molecular complexity index is 596. The summed E-state index contributed by atoms with van der Waals surface area (Å²) in [7, 11) is 0. The maximum atomic E-state index is 11.8. The van der Waals surface area contributed by atoms with Gasteiger partial charge in [-0.3, -0.25) is 9.59 Å². The fourth-order valence-electron chi connectivity index (χ4n) is 2.01. The smallest absolute Gasteiger partial charge is 0.306 e. The Balaban J connectivity index is 1.67. The lowest BCUT2D eigenvalue weighted by Crippen LogP contribution is -2.31. The van der Waals surface area contributed by atoms with Crippen molar-refractivity contribution in [3.63, 3.8) is 0 Å². The lowest BCUT2D eigenvalue weighted by molar-refractivity contribution is -0.148. The lowest BCUT2D eigenvalue weighted by Gasteiger charge is -2.14. The maximum Gasteiger partial charge on any atom is 0.306 e. The summed E-state index contributed by atoms with van der Waals surface area (Å²) in [6.45, 7) is 1.66. The van der Waals surface area contributed by atoms with Gasteiger partial charge in [-0.25, -0.2) is 0 Å². The van der Waals surface area contributed by atoms with Crippen LogP contribution >= 0.6 is 11.3 Å². The summed E-state index contributed by atoms with van der Waals surface area (Å²) in [5, 5.41) is 6.78. The molecule has 1 N–H and O–H groups in total. The molecule has 0 aliphatic carbocycles. The number of aryl methyl sites for hydroxylation is 1. The summed E-state index contributed by atoms with van der Waals surface area (Å²) >= 11 is 1.60. The second-order valence-corrected chi connectivity index (χ2v) is 5.77. The minimum atomic E-state index is -0.353. The van der Waals surface area contributed by atoms with Crippen molar-refractivity contribution in [2.24, 2.45) is 0 Å². The molecule has 0 spiro atoms. The van der Waals surface area contributed by atoms with E-state index in [1.165, 1.54) is 0 Å². The molecule has 116 valence electrons. The van der Waals surface area contributed by atoms with E-state index in [1.807, 2.05) is 54.1 Å². The van der Waals surface area contributed by atoms with Crippen LogP contribution in [0.15, 0.2) is 47.2 Å². The Labute approximate surface area is 134 Å². The van der Waals surface area contributed by atoms with E-state index in [9.17, 15) is 9.59 Å². The van der Waals surface area contributed by atoms with Crippen molar-refractivity contribution in [3.05, 3.63) is 58.3 Å². The van der Waals surface area contributed by atoms with Crippen LogP contribution in [0.1, 0.15) is 30.5 Å². The zero-order chi connectivity index (χ0) is 15.8. The van der Waals surface area contributed by atoms with E-state index in [-0.39, 0.29) is 30.9 Å². The van der Waals surface area contributed by atoms with Gasteiger partial charge in [0.25, 0.3) is 5.91 Å². The molecule has 2 rings (SSSR count). The van der Waals surface area contributed by atoms with Gasteiger partial charge in [-0.05, 0) is 41.3 Å². The van der Waals surface area contributed by atoms with Gasteiger partial charge in [0.05, 0.1) is 6.04 Å². The summed E-state index contributed by atoms with van der Waals surface area (Å²) in [6, 6.07) is 11.5. The average Bonchev–Trinajstić information content (AvgIpc) is 3.05. The molecule has 0 saturated carbocycles. The van der Waals surface area contributed by atoms with Crippen LogP contribution in [-0.4, -0.2) is 18.5 Å². The number of rotatable bonds is 7. The predicted molar refractivity (Wildman–Crippen MR) is 86.6 cm³/mol. The third kappa shape index (κ3) is 5.33. The summed E-state index contributed by atoms with van der Waals surface area (Å²) in [6.07, 6.45) is 0.933. The number of amides is 1. The molecule has 4 nitrogen and oxygen atoms in total. The molecule has 0 saturated heterocycles. The van der Waals surface area contributed by atoms with Crippen molar-refractivity contribution < 1.29 is 14.3 Å². The second kappa shape index (κ2) is 8.34. The largest absolute Gasteiger partial charge is 0.456 e. The highest BCUT2D eigenvalue weighted by molar-refractivity contribution is 7.07. The molecule has 0 unspecified atom stereocenters. The third-order valence-corrected chi connectivity index (χ3v) is 3.97. The molecule has 0 fully saturated rings. The van der Waals surface area contributed by atoms with E-state index in [0.29, 0.717) is 6.42 Å². The normalized spacial score (nSPS) is 11.7. The van der Waals surface area contributed by atoms with Gasteiger partial charge in [-0.15, -0.1) is 0 Å². The molecule has 1 heterocycles. The quantitative estimate of drug-likeness (QED) is 0.798. The van der Waals surface area contributed by atoms with Crippen LogP contribution in [0.5, 0.6) is 0 Å². The Morgan fingerprint density at radius 3 is 2.68 bits per heavy atom. The highest BCUT2D eigenvalue weighted by atomic mass is 32.1. The molecule has 22 heavy (non-hydrogen) atoms.